The molecule has 0 bridgehead atoms. The van der Waals surface area contributed by atoms with Gasteiger partial charge in [0.05, 0.1) is 32.4 Å². The highest BCUT2D eigenvalue weighted by Crippen LogP contribution is 2.25. The first kappa shape index (κ1) is 27.4. The van der Waals surface area contributed by atoms with E-state index in [4.69, 9.17) is 12.8 Å². The first-order chi connectivity index (χ1) is 19.1. The van der Waals surface area contributed by atoms with E-state index in [9.17, 15) is 14.9 Å². The highest BCUT2D eigenvalue weighted by Gasteiger charge is 2.30. The van der Waals surface area contributed by atoms with Crippen molar-refractivity contribution in [1.29, 1.82) is 0 Å². The second-order valence-corrected chi connectivity index (χ2v) is 9.49. The van der Waals surface area contributed by atoms with Gasteiger partial charge in [-0.2, -0.15) is 0 Å². The van der Waals surface area contributed by atoms with Crippen LogP contribution in [0.2, 0.25) is 0 Å². The van der Waals surface area contributed by atoms with Gasteiger partial charge >= 0.3 is 5.82 Å². The minimum absolute atomic E-state index is 0.185. The first-order valence-corrected chi connectivity index (χ1v) is 12.0. The van der Waals surface area contributed by atoms with E-state index in [0.717, 1.165) is 11.3 Å². The summed E-state index contributed by atoms with van der Waals surface area (Å²) in [5.41, 5.74) is 2.48. The third-order valence-electron chi connectivity index (χ3n) is 6.01. The summed E-state index contributed by atoms with van der Waals surface area (Å²) in [4.78, 5) is 40.3. The second kappa shape index (κ2) is 11.4. The van der Waals surface area contributed by atoms with Crippen LogP contribution in [0.3, 0.4) is 0 Å². The Balaban J connectivity index is 1.45. The summed E-state index contributed by atoms with van der Waals surface area (Å²) in [7, 11) is 5.41. The van der Waals surface area contributed by atoms with Gasteiger partial charge in [0.2, 0.25) is 5.91 Å². The molecule has 4 rings (SSSR count). The monoisotopic (exact) mass is 536 g/mol. The van der Waals surface area contributed by atoms with Gasteiger partial charge in [-0.15, -0.1) is 12.8 Å². The maximum absolute atomic E-state index is 12.6. The van der Waals surface area contributed by atoms with Gasteiger partial charge in [0.1, 0.15) is 24.5 Å². The number of nitro groups is 1. The molecule has 0 aliphatic carbocycles. The van der Waals surface area contributed by atoms with Crippen molar-refractivity contribution in [2.75, 3.05) is 31.3 Å². The van der Waals surface area contributed by atoms with Gasteiger partial charge in [0, 0.05) is 29.8 Å². The van der Waals surface area contributed by atoms with Gasteiger partial charge in [-0.1, -0.05) is 12.0 Å². The van der Waals surface area contributed by atoms with E-state index in [-0.39, 0.29) is 24.1 Å². The zero-order valence-corrected chi connectivity index (χ0v) is 22.1. The number of imidazole rings is 1. The molecule has 0 spiro atoms. The lowest BCUT2D eigenvalue weighted by Gasteiger charge is -2.28. The molecule has 12 heteroatoms. The molecule has 0 radical (unpaired) electrons. The number of aromatic nitrogens is 5. The van der Waals surface area contributed by atoms with Crippen molar-refractivity contribution in [2.24, 2.45) is 7.05 Å². The van der Waals surface area contributed by atoms with Gasteiger partial charge in [0.25, 0.3) is 5.82 Å². The number of carbonyl (C=O) groups excluding carboxylic acids is 1. The molecule has 1 amide bonds. The van der Waals surface area contributed by atoms with E-state index < -0.39 is 4.92 Å². The smallest absolute Gasteiger partial charge is 0.358 e. The molecule has 0 saturated carbocycles. The Morgan fingerprint density at radius 1 is 1.20 bits per heavy atom. The highest BCUT2D eigenvalue weighted by atomic mass is 16.6. The average Bonchev–Trinajstić information content (AvgIpc) is 3.23. The molecular formula is C28H26N9O3+. The number of hydrogen-bond acceptors (Lipinski definition) is 8. The van der Waals surface area contributed by atoms with Gasteiger partial charge in [-0.05, 0) is 46.2 Å². The van der Waals surface area contributed by atoms with Crippen LogP contribution in [0.5, 0.6) is 0 Å². The molecule has 0 saturated heterocycles. The fourth-order valence-electron chi connectivity index (χ4n) is 4.00. The van der Waals surface area contributed by atoms with Crippen LogP contribution in [0, 0.1) is 34.8 Å². The van der Waals surface area contributed by atoms with Gasteiger partial charge in [-0.3, -0.25) is 9.36 Å². The summed E-state index contributed by atoms with van der Waals surface area (Å²) in [5, 5.41) is 18.1. The molecule has 12 nitrogen and oxygen atoms in total. The molecule has 4 aromatic rings. The number of anilines is 3. The molecule has 200 valence electrons. The topological polar surface area (TPSA) is 141 Å². The summed E-state index contributed by atoms with van der Waals surface area (Å²) in [6.45, 7) is 0.685. The zero-order chi connectivity index (χ0) is 28.9. The largest absolute Gasteiger partial charge is 0.392 e. The number of carbonyl (C=O) groups is 1. The highest BCUT2D eigenvalue weighted by molar-refractivity contribution is 6.00. The Morgan fingerprint density at radius 2 is 2.00 bits per heavy atom. The Kier molecular flexibility index (Phi) is 7.84. The molecule has 0 aliphatic rings. The number of nitrogens with one attached hydrogen (secondary N) is 2. The lowest BCUT2D eigenvalue weighted by atomic mass is 10.2. The number of benzene rings is 1. The Morgan fingerprint density at radius 3 is 2.73 bits per heavy atom. The molecule has 1 aromatic carbocycles. The predicted molar refractivity (Wildman–Crippen MR) is 151 cm³/mol. The third-order valence-corrected chi connectivity index (χ3v) is 6.01. The lowest BCUT2D eigenvalue weighted by molar-refractivity contribution is -0.898. The SMILES string of the molecule is C#Cc1cccc(Nc2ncnc3cnc(NC(=O)/C=C/C[N+](C)(C)Cc4c([N+](=O)[O-])nc(C#C)n4C)cc23)c1. The van der Waals surface area contributed by atoms with E-state index >= 15 is 0 Å². The number of rotatable bonds is 9. The number of amides is 1. The number of likely N-dealkylation sites (N-methyl/N-ethyl adjacent to an activating group) is 1. The van der Waals surface area contributed by atoms with E-state index in [1.54, 1.807) is 30.0 Å². The Hall–Kier alpha value is -5.59. The van der Waals surface area contributed by atoms with Crippen molar-refractivity contribution in [3.05, 3.63) is 82.2 Å². The van der Waals surface area contributed by atoms with Crippen LogP contribution >= 0.6 is 0 Å². The van der Waals surface area contributed by atoms with Crippen LogP contribution in [0.1, 0.15) is 17.1 Å². The number of hydrogen-bond donors (Lipinski definition) is 2. The lowest BCUT2D eigenvalue weighted by Crippen LogP contribution is -2.39. The van der Waals surface area contributed by atoms with Crippen molar-refractivity contribution in [1.82, 2.24) is 24.5 Å². The first-order valence-electron chi connectivity index (χ1n) is 12.0. The molecule has 3 heterocycles. The maximum atomic E-state index is 12.6. The predicted octanol–water partition coefficient (Wildman–Crippen LogP) is 3.14. The molecule has 40 heavy (non-hydrogen) atoms. The molecule has 0 atom stereocenters. The molecule has 0 unspecified atom stereocenters. The van der Waals surface area contributed by atoms with Crippen LogP contribution < -0.4 is 10.6 Å². The third kappa shape index (κ3) is 6.27. The van der Waals surface area contributed by atoms with Crippen LogP contribution in [0.25, 0.3) is 10.9 Å². The molecule has 0 aliphatic heterocycles. The van der Waals surface area contributed by atoms with Crippen LogP contribution in [-0.2, 0) is 18.4 Å². The van der Waals surface area contributed by atoms with Crippen LogP contribution in [-0.4, -0.2) is 60.5 Å². The summed E-state index contributed by atoms with van der Waals surface area (Å²) in [5.74, 6) is 5.33. The minimum Gasteiger partial charge on any atom is -0.358 e. The molecule has 2 N–H and O–H groups in total. The fraction of sp³-hybridized carbons (Fsp3) is 0.179. The quantitative estimate of drug-likeness (QED) is 0.109. The van der Waals surface area contributed by atoms with E-state index in [1.165, 1.54) is 12.4 Å². The normalized spacial score (nSPS) is 11.2. The standard InChI is InChI=1S/C28H25N9O3/c1-6-19-10-8-11-20(14-19)32-27-21-15-24(29-16-22(21)30-18-31-27)33-26(38)12-9-13-37(4,5)17-23-28(36(39)40)34-25(7-2)35(23)3/h1-2,8-12,14-16,18H,13,17H2,3-5H3,(H-,29,30,31,32,33,38)/p+1/b12-9+. The van der Waals surface area contributed by atoms with E-state index in [1.807, 2.05) is 38.4 Å². The van der Waals surface area contributed by atoms with Crippen LogP contribution in [0.15, 0.2) is 55.0 Å². The summed E-state index contributed by atoms with van der Waals surface area (Å²) < 4.78 is 1.86. The van der Waals surface area contributed by atoms with Gasteiger partial charge < -0.3 is 25.2 Å². The van der Waals surface area contributed by atoms with Crippen LogP contribution in [0.4, 0.5) is 23.1 Å². The van der Waals surface area contributed by atoms with Gasteiger partial charge in [0.15, 0.2) is 5.69 Å². The Bertz CT molecular complexity index is 1730. The summed E-state index contributed by atoms with van der Waals surface area (Å²) >= 11 is 0. The van der Waals surface area contributed by atoms with E-state index in [2.05, 4.69) is 42.4 Å². The maximum Gasteiger partial charge on any atom is 0.392 e. The molecule has 3 aromatic heterocycles. The number of terminal acetylenes is 2. The van der Waals surface area contributed by atoms with E-state index in [0.29, 0.717) is 39.3 Å². The molecular weight excluding hydrogens is 510 g/mol. The second-order valence-electron chi connectivity index (χ2n) is 9.49. The van der Waals surface area contributed by atoms with Crippen molar-refractivity contribution in [3.8, 4) is 24.7 Å². The Labute approximate surface area is 230 Å². The summed E-state index contributed by atoms with van der Waals surface area (Å²) in [6, 6.07) is 9.03. The number of pyridine rings is 1. The zero-order valence-electron chi connectivity index (χ0n) is 22.1. The molecule has 0 fully saturated rings. The number of quaternary nitrogens is 1. The average molecular weight is 537 g/mol. The van der Waals surface area contributed by atoms with Crippen molar-refractivity contribution in [3.63, 3.8) is 0 Å². The fourth-order valence-corrected chi connectivity index (χ4v) is 4.00. The van der Waals surface area contributed by atoms with Crippen molar-refractivity contribution in [2.45, 2.75) is 6.54 Å². The van der Waals surface area contributed by atoms with Crippen molar-refractivity contribution >= 4 is 40.0 Å². The summed E-state index contributed by atoms with van der Waals surface area (Å²) in [6.07, 6.45) is 17.0. The van der Waals surface area contributed by atoms with Crippen molar-refractivity contribution < 1.29 is 14.2 Å². The number of fused-ring (bicyclic) bond motifs is 1. The van der Waals surface area contributed by atoms with Gasteiger partial charge in [-0.25, -0.2) is 15.0 Å². The minimum atomic E-state index is -0.545. The number of nitrogens with zero attached hydrogens (tertiary/aromatic N) is 7.